The molecule has 0 bridgehead atoms. The first-order valence-corrected chi connectivity index (χ1v) is 4.90. The van der Waals surface area contributed by atoms with E-state index in [0.29, 0.717) is 0 Å². The SMILES string of the molecule is [O]=[Sb]([O-])([O-])[O-].[PH4+].[PH4+].[PH4+]. The number of rotatable bonds is 0. The first-order valence-electron chi connectivity index (χ1n) is 0.730. The van der Waals surface area contributed by atoms with Gasteiger partial charge in [-0.3, -0.25) is 0 Å². The first-order chi connectivity index (χ1) is 2.00. The zero-order valence-corrected chi connectivity index (χ0v) is 13.6. The minimum Gasteiger partial charge on any atom is -0.0395 e. The van der Waals surface area contributed by atoms with Crippen molar-refractivity contribution in [3.8, 4) is 0 Å². The largest absolute Gasteiger partial charge is 0.0395 e. The van der Waals surface area contributed by atoms with Crippen LogP contribution in [0.4, 0.5) is 0 Å². The Hall–Kier alpha value is 1.79. The second-order valence-electron chi connectivity index (χ2n) is 0.447. The molecule has 3 unspecified atom stereocenters. The molecule has 0 fully saturated rings. The second-order valence-corrected chi connectivity index (χ2v) is 3.00. The molecule has 0 spiro atoms. The zero-order valence-electron chi connectivity index (χ0n) is 5.08. The van der Waals surface area contributed by atoms with Crippen molar-refractivity contribution in [2.24, 2.45) is 0 Å². The second kappa shape index (κ2) is 8.79. The molecule has 0 amide bonds. The number of hydrogen-bond donors (Lipinski definition) is 0. The molecular formula is H12O4P3Sb. The molecule has 0 aromatic rings. The fraction of sp³-hybridized carbons (Fsp3) is 0. The fourth-order valence-corrected chi connectivity index (χ4v) is 0. The first kappa shape index (κ1) is 22.6. The van der Waals surface area contributed by atoms with Crippen molar-refractivity contribution in [3.63, 3.8) is 0 Å². The molecule has 0 N–H and O–H groups in total. The van der Waals surface area contributed by atoms with Crippen LogP contribution >= 0.6 is 29.7 Å². The van der Waals surface area contributed by atoms with E-state index >= 15 is 0 Å². The van der Waals surface area contributed by atoms with E-state index in [2.05, 4.69) is 0 Å². The molecule has 8 heteroatoms. The normalized spacial score (nSPS) is 7.38. The van der Waals surface area contributed by atoms with E-state index in [0.717, 1.165) is 0 Å². The molecule has 0 aromatic carbocycles. The summed E-state index contributed by atoms with van der Waals surface area (Å²) in [7, 11) is 0. The van der Waals surface area contributed by atoms with Crippen LogP contribution in [-0.2, 0) is 3.02 Å². The Labute approximate surface area is 63.0 Å². The van der Waals surface area contributed by atoms with Gasteiger partial charge in [0.05, 0.1) is 0 Å². The molecule has 0 radical (unpaired) electrons. The van der Waals surface area contributed by atoms with E-state index in [4.69, 9.17) is 13.2 Å². The van der Waals surface area contributed by atoms with Crippen molar-refractivity contribution in [1.29, 1.82) is 0 Å². The van der Waals surface area contributed by atoms with E-state index < -0.39 is 20.1 Å². The topological polar surface area (TPSA) is 86.2 Å². The van der Waals surface area contributed by atoms with E-state index in [-0.39, 0.29) is 29.7 Å². The van der Waals surface area contributed by atoms with Gasteiger partial charge < -0.3 is 0 Å². The summed E-state index contributed by atoms with van der Waals surface area (Å²) in [6, 6.07) is 0. The molecule has 0 aliphatic carbocycles. The summed E-state index contributed by atoms with van der Waals surface area (Å²) in [4.78, 5) is 0. The maximum Gasteiger partial charge on any atom is -0.0395 e. The smallest absolute Gasteiger partial charge is 0.0395 e. The quantitative estimate of drug-likeness (QED) is 0.331. The van der Waals surface area contributed by atoms with E-state index in [9.17, 15) is 0 Å². The monoisotopic (exact) mass is 290 g/mol. The van der Waals surface area contributed by atoms with Gasteiger partial charge in [-0.15, -0.1) is 0 Å². The Morgan fingerprint density at radius 1 is 0.875 bits per heavy atom. The molecule has 0 aliphatic rings. The minimum atomic E-state index is -6.10. The Morgan fingerprint density at radius 3 is 0.875 bits per heavy atom. The predicted molar refractivity (Wildman–Crippen MR) is 43.9 cm³/mol. The van der Waals surface area contributed by atoms with Crippen LogP contribution in [-0.4, -0.2) is 20.1 Å². The van der Waals surface area contributed by atoms with Gasteiger partial charge >= 0.3 is 33.2 Å². The van der Waals surface area contributed by atoms with Crippen molar-refractivity contribution < 1.29 is 13.2 Å². The third-order valence-electron chi connectivity index (χ3n) is 0. The molecule has 0 saturated carbocycles. The van der Waals surface area contributed by atoms with Crippen molar-refractivity contribution in [1.82, 2.24) is 0 Å². The summed E-state index contributed by atoms with van der Waals surface area (Å²) in [5.74, 6) is 0. The van der Waals surface area contributed by atoms with Crippen LogP contribution in [0.5, 0.6) is 0 Å². The average Bonchev–Trinajstić information content (AvgIpc) is 0.722. The predicted octanol–water partition coefficient (Wildman–Crippen LogP) is -4.70. The summed E-state index contributed by atoms with van der Waals surface area (Å²) >= 11 is -6.10. The summed E-state index contributed by atoms with van der Waals surface area (Å²) in [5.41, 5.74) is 0. The number of hydrogen-bond acceptors (Lipinski definition) is 4. The van der Waals surface area contributed by atoms with Crippen molar-refractivity contribution in [3.05, 3.63) is 0 Å². The molecule has 0 heterocycles. The van der Waals surface area contributed by atoms with Crippen molar-refractivity contribution in [2.45, 2.75) is 0 Å². The molecule has 4 nitrogen and oxygen atoms in total. The molecule has 3 atom stereocenters. The summed E-state index contributed by atoms with van der Waals surface area (Å²) in [5, 5.41) is 0. The average molecular weight is 291 g/mol. The van der Waals surface area contributed by atoms with Crippen LogP contribution in [0.25, 0.3) is 0 Å². The van der Waals surface area contributed by atoms with Gasteiger partial charge in [0.1, 0.15) is 0 Å². The molecule has 8 heavy (non-hydrogen) atoms. The molecular weight excluding hydrogens is 279 g/mol. The Bertz CT molecular complexity index is 57.4. The third kappa shape index (κ3) is 112. The third-order valence-corrected chi connectivity index (χ3v) is 0. The maximum atomic E-state index is 8.64. The Kier molecular flexibility index (Phi) is 24.8. The van der Waals surface area contributed by atoms with Crippen LogP contribution in [0, 0.1) is 0 Å². The van der Waals surface area contributed by atoms with E-state index in [1.807, 2.05) is 0 Å². The van der Waals surface area contributed by atoms with Crippen molar-refractivity contribution >= 4 is 49.8 Å². The van der Waals surface area contributed by atoms with Crippen LogP contribution < -0.4 is 10.2 Å². The van der Waals surface area contributed by atoms with Gasteiger partial charge in [-0.2, -0.15) is 0 Å². The van der Waals surface area contributed by atoms with E-state index in [1.54, 1.807) is 0 Å². The molecule has 0 aliphatic heterocycles. The standard InChI is InChI=1S/4O.3H3P.Sb/h;;;;3*1H3;/q;3*-1;;;;/p+3. The minimum absolute atomic E-state index is 0. The molecule has 56 valence electrons. The zero-order chi connectivity index (χ0) is 4.50. The molecule has 0 rings (SSSR count). The molecule has 0 aromatic heterocycles. The molecule has 0 saturated heterocycles. The van der Waals surface area contributed by atoms with Crippen molar-refractivity contribution in [2.75, 3.05) is 0 Å². The fourth-order valence-electron chi connectivity index (χ4n) is 0. The van der Waals surface area contributed by atoms with Crippen LogP contribution in [0.2, 0.25) is 0 Å². The van der Waals surface area contributed by atoms with Crippen LogP contribution in [0.1, 0.15) is 0 Å². The van der Waals surface area contributed by atoms with E-state index in [1.165, 1.54) is 0 Å². The van der Waals surface area contributed by atoms with Gasteiger partial charge in [0.15, 0.2) is 0 Å². The van der Waals surface area contributed by atoms with Gasteiger partial charge in [-0.25, -0.2) is 0 Å². The Morgan fingerprint density at radius 2 is 0.875 bits per heavy atom. The summed E-state index contributed by atoms with van der Waals surface area (Å²) < 4.78 is 34.6. The Balaban J connectivity index is -0.0000000267. The van der Waals surface area contributed by atoms with Gasteiger partial charge in [0.25, 0.3) is 0 Å². The summed E-state index contributed by atoms with van der Waals surface area (Å²) in [6.07, 6.45) is 0. The van der Waals surface area contributed by atoms with Gasteiger partial charge in [0.2, 0.25) is 0 Å². The van der Waals surface area contributed by atoms with Gasteiger partial charge in [0, 0.05) is 0 Å². The van der Waals surface area contributed by atoms with Gasteiger partial charge in [-0.05, 0) is 29.7 Å². The van der Waals surface area contributed by atoms with Crippen LogP contribution in [0.15, 0.2) is 0 Å². The van der Waals surface area contributed by atoms with Crippen LogP contribution in [0.3, 0.4) is 0 Å². The maximum absolute atomic E-state index is 8.64. The van der Waals surface area contributed by atoms with Gasteiger partial charge in [-0.1, -0.05) is 0 Å². The summed E-state index contributed by atoms with van der Waals surface area (Å²) in [6.45, 7) is 0.